The van der Waals surface area contributed by atoms with Crippen LogP contribution < -0.4 is 14.9 Å². The van der Waals surface area contributed by atoms with Gasteiger partial charge in [-0.2, -0.15) is 0 Å². The Morgan fingerprint density at radius 3 is 2.21 bits per heavy atom. The highest BCUT2D eigenvalue weighted by Crippen LogP contribution is 2.44. The molecule has 0 radical (unpaired) electrons. The molecule has 5 rings (SSSR count). The summed E-state index contributed by atoms with van der Waals surface area (Å²) < 4.78 is 28.2. The van der Waals surface area contributed by atoms with Gasteiger partial charge < -0.3 is 14.8 Å². The number of rotatable bonds is 6. The highest BCUT2D eigenvalue weighted by Gasteiger charge is 2.42. The Kier molecular flexibility index (Phi) is 6.75. The average Bonchev–Trinajstić information content (AvgIpc) is 3.33. The van der Waals surface area contributed by atoms with Crippen LogP contribution in [0.3, 0.4) is 0 Å². The van der Waals surface area contributed by atoms with Gasteiger partial charge in [-0.3, -0.25) is 9.71 Å². The molecule has 0 bridgehead atoms. The molecule has 38 heavy (non-hydrogen) atoms. The van der Waals surface area contributed by atoms with Crippen molar-refractivity contribution in [1.29, 1.82) is 0 Å². The summed E-state index contributed by atoms with van der Waals surface area (Å²) in [5.41, 5.74) is 9.23. The predicted octanol–water partition coefficient (Wildman–Crippen LogP) is 5.65. The first-order valence-electron chi connectivity index (χ1n) is 12.4. The van der Waals surface area contributed by atoms with Crippen LogP contribution in [0.25, 0.3) is 5.69 Å². The number of nitrogens with zero attached hydrogens (tertiary/aromatic N) is 3. The van der Waals surface area contributed by atoms with Crippen LogP contribution in [0.15, 0.2) is 72.9 Å². The van der Waals surface area contributed by atoms with Crippen molar-refractivity contribution >= 4 is 38.7 Å². The molecule has 4 aromatic rings. The molecule has 0 amide bonds. The largest absolute Gasteiger partial charge is 0.351 e. The van der Waals surface area contributed by atoms with Crippen molar-refractivity contribution in [2.75, 3.05) is 15.9 Å². The van der Waals surface area contributed by atoms with Crippen molar-refractivity contribution in [1.82, 2.24) is 14.9 Å². The Labute approximate surface area is 229 Å². The molecule has 0 spiro atoms. The van der Waals surface area contributed by atoms with Crippen LogP contribution in [0.2, 0.25) is 0 Å². The van der Waals surface area contributed by atoms with Gasteiger partial charge in [0.25, 0.3) is 0 Å². The lowest BCUT2D eigenvalue weighted by atomic mass is 9.96. The van der Waals surface area contributed by atoms with E-state index in [9.17, 15) is 8.42 Å². The number of nitrogens with one attached hydrogen (secondary N) is 2. The highest BCUT2D eigenvalue weighted by atomic mass is 32.2. The maximum Gasteiger partial charge on any atom is 0.229 e. The van der Waals surface area contributed by atoms with Crippen LogP contribution in [0, 0.1) is 27.7 Å². The molecule has 0 unspecified atom stereocenters. The van der Waals surface area contributed by atoms with Gasteiger partial charge in [-0.15, -0.1) is 0 Å². The summed E-state index contributed by atoms with van der Waals surface area (Å²) in [4.78, 5) is 6.77. The molecule has 7 nitrogen and oxygen atoms in total. The molecule has 1 aliphatic heterocycles. The van der Waals surface area contributed by atoms with Gasteiger partial charge in [-0.25, -0.2) is 8.42 Å². The first-order valence-corrected chi connectivity index (χ1v) is 14.7. The van der Waals surface area contributed by atoms with Crippen molar-refractivity contribution < 1.29 is 8.42 Å². The minimum absolute atomic E-state index is 0.169. The van der Waals surface area contributed by atoms with E-state index < -0.39 is 10.0 Å². The molecule has 196 valence electrons. The molecular formula is C29H31N5O2S2. The van der Waals surface area contributed by atoms with Gasteiger partial charge >= 0.3 is 0 Å². The number of aromatic nitrogens is 2. The normalized spacial score (nSPS) is 17.5. The monoisotopic (exact) mass is 545 g/mol. The van der Waals surface area contributed by atoms with Gasteiger partial charge in [0.1, 0.15) is 0 Å². The average molecular weight is 546 g/mol. The number of hydrogen-bond acceptors (Lipinski definition) is 4. The van der Waals surface area contributed by atoms with Gasteiger partial charge in [-0.05, 0) is 111 Å². The van der Waals surface area contributed by atoms with Crippen molar-refractivity contribution in [3.63, 3.8) is 0 Å². The summed E-state index contributed by atoms with van der Waals surface area (Å²) in [6, 6.07) is 21.7. The molecule has 2 aromatic heterocycles. The van der Waals surface area contributed by atoms with E-state index in [0.717, 1.165) is 40.3 Å². The highest BCUT2D eigenvalue weighted by molar-refractivity contribution is 7.92. The summed E-state index contributed by atoms with van der Waals surface area (Å²) in [5.74, 6) is 0. The van der Waals surface area contributed by atoms with E-state index in [1.54, 1.807) is 18.3 Å². The number of benzene rings is 2. The van der Waals surface area contributed by atoms with E-state index in [1.807, 2.05) is 30.3 Å². The molecule has 1 saturated heterocycles. The van der Waals surface area contributed by atoms with E-state index in [-0.39, 0.29) is 12.1 Å². The summed E-state index contributed by atoms with van der Waals surface area (Å²) in [7, 11) is -3.37. The maximum absolute atomic E-state index is 11.7. The quantitative estimate of drug-likeness (QED) is 0.305. The predicted molar refractivity (Wildman–Crippen MR) is 158 cm³/mol. The summed E-state index contributed by atoms with van der Waals surface area (Å²) >= 11 is 5.88. The van der Waals surface area contributed by atoms with Crippen LogP contribution in [0.1, 0.15) is 45.9 Å². The first-order chi connectivity index (χ1) is 18.0. The van der Waals surface area contributed by atoms with Crippen LogP contribution in [-0.4, -0.2) is 29.3 Å². The van der Waals surface area contributed by atoms with Crippen LogP contribution in [-0.2, 0) is 10.0 Å². The second kappa shape index (κ2) is 9.89. The molecule has 0 aliphatic carbocycles. The third-order valence-corrected chi connectivity index (χ3v) is 7.72. The second-order valence-electron chi connectivity index (χ2n) is 9.93. The summed E-state index contributed by atoms with van der Waals surface area (Å²) in [5, 5.41) is 4.10. The van der Waals surface area contributed by atoms with Crippen molar-refractivity contribution in [3.05, 3.63) is 107 Å². The fourth-order valence-corrected chi connectivity index (χ4v) is 6.33. The van der Waals surface area contributed by atoms with E-state index in [4.69, 9.17) is 12.2 Å². The molecule has 2 aromatic carbocycles. The minimum Gasteiger partial charge on any atom is -0.351 e. The minimum atomic E-state index is -3.37. The number of aryl methyl sites for hydroxylation is 3. The second-order valence-corrected chi connectivity index (χ2v) is 12.1. The number of sulfonamides is 1. The molecule has 2 N–H and O–H groups in total. The molecule has 1 fully saturated rings. The Hall–Kier alpha value is -3.69. The maximum atomic E-state index is 11.7. The Morgan fingerprint density at radius 2 is 1.61 bits per heavy atom. The molecule has 9 heteroatoms. The zero-order chi connectivity index (χ0) is 27.2. The molecule has 2 atom stereocenters. The Morgan fingerprint density at radius 1 is 0.921 bits per heavy atom. The van der Waals surface area contributed by atoms with E-state index in [0.29, 0.717) is 10.8 Å². The van der Waals surface area contributed by atoms with Gasteiger partial charge in [0.2, 0.25) is 10.0 Å². The smallest absolute Gasteiger partial charge is 0.229 e. The van der Waals surface area contributed by atoms with E-state index in [2.05, 4.69) is 76.5 Å². The summed E-state index contributed by atoms with van der Waals surface area (Å²) in [6.45, 7) is 8.51. The van der Waals surface area contributed by atoms with Gasteiger partial charge in [-0.1, -0.05) is 12.1 Å². The van der Waals surface area contributed by atoms with Crippen LogP contribution in [0.4, 0.5) is 11.4 Å². The van der Waals surface area contributed by atoms with Crippen LogP contribution >= 0.6 is 12.2 Å². The number of pyridine rings is 1. The molecule has 1 aliphatic rings. The molecule has 0 saturated carbocycles. The zero-order valence-electron chi connectivity index (χ0n) is 22.1. The lowest BCUT2D eigenvalue weighted by molar-refractivity contribution is 0.565. The van der Waals surface area contributed by atoms with Crippen molar-refractivity contribution in [2.45, 2.75) is 39.8 Å². The zero-order valence-corrected chi connectivity index (χ0v) is 23.7. The third kappa shape index (κ3) is 5.04. The number of thiocarbonyl (C=S) groups is 1. The first kappa shape index (κ1) is 25.9. The third-order valence-electron chi connectivity index (χ3n) is 6.80. The standard InChI is InChI=1S/C29H31N5O2S2/c1-18-14-19(2)16-24(15-18)33-20(3)17-25(21(33)4)28-27(26-8-6-7-13-30-26)31-29(37)34(28)23-11-9-22(10-12-23)32-38(5,35)36/h6-17,27-28,32H,1-5H3,(H,31,37)/t27-,28-/m0/s1. The molecular weight excluding hydrogens is 514 g/mol. The fraction of sp³-hybridized carbons (Fsp3) is 0.241. The molecule has 3 heterocycles. The van der Waals surface area contributed by atoms with Gasteiger partial charge in [0.15, 0.2) is 5.11 Å². The lowest BCUT2D eigenvalue weighted by Crippen LogP contribution is -2.29. The number of hydrogen-bond donors (Lipinski definition) is 2. The van der Waals surface area contributed by atoms with E-state index >= 15 is 0 Å². The van der Waals surface area contributed by atoms with Gasteiger partial charge in [0, 0.05) is 34.6 Å². The Balaban J connectivity index is 1.64. The number of anilines is 2. The topological polar surface area (TPSA) is 79.3 Å². The van der Waals surface area contributed by atoms with Gasteiger partial charge in [0.05, 0.1) is 24.0 Å². The summed E-state index contributed by atoms with van der Waals surface area (Å²) in [6.07, 6.45) is 2.93. The van der Waals surface area contributed by atoms with E-state index in [1.165, 1.54) is 11.1 Å². The van der Waals surface area contributed by atoms with Crippen molar-refractivity contribution in [3.8, 4) is 5.69 Å². The fourth-order valence-electron chi connectivity index (χ4n) is 5.42. The van der Waals surface area contributed by atoms with Crippen molar-refractivity contribution in [2.24, 2.45) is 0 Å². The van der Waals surface area contributed by atoms with Crippen LogP contribution in [0.5, 0.6) is 0 Å². The Bertz CT molecular complexity index is 1590. The SMILES string of the molecule is Cc1cc(C)cc(-n2c(C)cc([C@H]3[C@H](c4ccccn4)NC(=S)N3c3ccc(NS(C)(=O)=O)cc3)c2C)c1. The lowest BCUT2D eigenvalue weighted by Gasteiger charge is -2.28.